The number of carbonyl (C=O) groups is 1. The fourth-order valence-corrected chi connectivity index (χ4v) is 6.73. The van der Waals surface area contributed by atoms with Gasteiger partial charge in [0, 0.05) is 42.8 Å². The van der Waals surface area contributed by atoms with Crippen molar-refractivity contribution in [2.75, 3.05) is 30.4 Å². The number of carbonyl (C=O) groups excluding carboxylic acids is 1. The Labute approximate surface area is 232 Å². The molecule has 1 amide bonds. The molecule has 9 heteroatoms. The van der Waals surface area contributed by atoms with Crippen LogP contribution in [0.4, 0.5) is 15.9 Å². The van der Waals surface area contributed by atoms with Gasteiger partial charge < -0.3 is 15.5 Å². The number of aryl methyl sites for hydroxylation is 1. The van der Waals surface area contributed by atoms with Gasteiger partial charge in [-0.2, -0.15) is 0 Å². The molecule has 0 bridgehead atoms. The summed E-state index contributed by atoms with van der Waals surface area (Å²) in [6, 6.07) is 8.61. The first kappa shape index (κ1) is 26.8. The minimum atomic E-state index is -0.381. The highest BCUT2D eigenvalue weighted by Gasteiger charge is 2.37. The van der Waals surface area contributed by atoms with Crippen molar-refractivity contribution in [3.8, 4) is 0 Å². The molecule has 1 aliphatic carbocycles. The number of hydrogen-bond donors (Lipinski definition) is 2. The first-order valence-corrected chi connectivity index (χ1v) is 14.4. The van der Waals surface area contributed by atoms with E-state index in [0.717, 1.165) is 24.5 Å². The molecule has 0 atom stereocenters. The Morgan fingerprint density at radius 3 is 2.53 bits per heavy atom. The zero-order chi connectivity index (χ0) is 26.7. The number of nitrogens with one attached hydrogen (secondary N) is 2. The van der Waals surface area contributed by atoms with Crippen molar-refractivity contribution in [3.05, 3.63) is 70.3 Å². The molecule has 2 aromatic carbocycles. The Balaban J connectivity index is 1.26. The zero-order valence-corrected chi connectivity index (χ0v) is 23.4. The third kappa shape index (κ3) is 5.76. The molecule has 1 saturated carbocycles. The summed E-state index contributed by atoms with van der Waals surface area (Å²) in [5, 5.41) is 6.83. The maximum Gasteiger partial charge on any atom is 0.255 e. The molecule has 3 aromatic rings. The predicted molar refractivity (Wildman–Crippen MR) is 152 cm³/mol. The van der Waals surface area contributed by atoms with Crippen molar-refractivity contribution in [2.45, 2.75) is 61.9 Å². The molecule has 0 unspecified atom stereocenters. The summed E-state index contributed by atoms with van der Waals surface area (Å²) < 4.78 is 14.2. The Kier molecular flexibility index (Phi) is 8.09. The number of amides is 1. The second kappa shape index (κ2) is 11.5. The summed E-state index contributed by atoms with van der Waals surface area (Å²) in [4.78, 5) is 25.5. The van der Waals surface area contributed by atoms with Crippen LogP contribution in [0.5, 0.6) is 0 Å². The number of anilines is 2. The molecule has 2 aliphatic rings. The molecule has 2 fully saturated rings. The van der Waals surface area contributed by atoms with Gasteiger partial charge in [0.05, 0.1) is 23.0 Å². The number of hydrogen-bond acceptors (Lipinski definition) is 6. The standard InChI is InChI=1S/C29H33ClFN5OS/c1-19-5-6-20(21(31)15-19)16-35-28(37)26-22(32-2)7-8-23(27(26)30)38-25-18-33-24(17-34-25)36-13-11-29(12-14-36)9-3-4-10-29/h5-8,15,17-18,32H,3-4,9-14,16H2,1-2H3,(H,35,37). The van der Waals surface area contributed by atoms with Gasteiger partial charge in [0.25, 0.3) is 5.91 Å². The van der Waals surface area contributed by atoms with Gasteiger partial charge in [-0.3, -0.25) is 4.79 Å². The highest BCUT2D eigenvalue weighted by molar-refractivity contribution is 7.99. The monoisotopic (exact) mass is 553 g/mol. The fourth-order valence-electron chi connectivity index (χ4n) is 5.60. The van der Waals surface area contributed by atoms with Crippen LogP contribution >= 0.6 is 23.4 Å². The lowest BCUT2D eigenvalue weighted by molar-refractivity contribution is 0.0951. The minimum Gasteiger partial charge on any atom is -0.387 e. The molecule has 1 aromatic heterocycles. The van der Waals surface area contributed by atoms with Gasteiger partial charge in [0.15, 0.2) is 0 Å². The summed E-state index contributed by atoms with van der Waals surface area (Å²) >= 11 is 8.09. The lowest BCUT2D eigenvalue weighted by Crippen LogP contribution is -2.39. The molecule has 200 valence electrons. The smallest absolute Gasteiger partial charge is 0.255 e. The number of piperidine rings is 1. The maximum atomic E-state index is 14.2. The van der Waals surface area contributed by atoms with Crippen LogP contribution in [0.2, 0.25) is 5.02 Å². The molecule has 5 rings (SSSR count). The van der Waals surface area contributed by atoms with Crippen LogP contribution in [0, 0.1) is 18.2 Å². The van der Waals surface area contributed by atoms with Crippen molar-refractivity contribution in [1.82, 2.24) is 15.3 Å². The second-order valence-corrected chi connectivity index (χ2v) is 11.8. The van der Waals surface area contributed by atoms with Gasteiger partial charge in [-0.25, -0.2) is 14.4 Å². The third-order valence-corrected chi connectivity index (χ3v) is 9.38. The minimum absolute atomic E-state index is 0.0619. The quantitative estimate of drug-likeness (QED) is 0.333. The van der Waals surface area contributed by atoms with Gasteiger partial charge >= 0.3 is 0 Å². The molecule has 1 saturated heterocycles. The topological polar surface area (TPSA) is 70.2 Å². The number of halogens is 2. The van der Waals surface area contributed by atoms with Gasteiger partial charge in [0.1, 0.15) is 16.7 Å². The number of rotatable bonds is 7. The number of nitrogens with zero attached hydrogens (tertiary/aromatic N) is 3. The SMILES string of the molecule is CNc1ccc(Sc2cnc(N3CCC4(CCCC4)CC3)cn2)c(Cl)c1C(=O)NCc1ccc(C)cc1F. The van der Waals surface area contributed by atoms with E-state index in [0.29, 0.717) is 37.2 Å². The largest absolute Gasteiger partial charge is 0.387 e. The Morgan fingerprint density at radius 1 is 1.11 bits per heavy atom. The highest BCUT2D eigenvalue weighted by atomic mass is 35.5. The third-order valence-electron chi connectivity index (χ3n) is 7.89. The second-order valence-electron chi connectivity index (χ2n) is 10.3. The maximum absolute atomic E-state index is 14.2. The van der Waals surface area contributed by atoms with E-state index in [4.69, 9.17) is 11.6 Å². The van der Waals surface area contributed by atoms with E-state index in [1.54, 1.807) is 19.3 Å². The van der Waals surface area contributed by atoms with Crippen LogP contribution in [-0.2, 0) is 6.54 Å². The van der Waals surface area contributed by atoms with E-state index in [-0.39, 0.29) is 18.3 Å². The van der Waals surface area contributed by atoms with Crippen LogP contribution in [0.1, 0.15) is 60.0 Å². The lowest BCUT2D eigenvalue weighted by Gasteiger charge is -2.39. The fraction of sp³-hybridized carbons (Fsp3) is 0.414. The van der Waals surface area contributed by atoms with Crippen molar-refractivity contribution in [2.24, 2.45) is 5.41 Å². The Bertz CT molecular complexity index is 1300. The Hall–Kier alpha value is -2.84. The van der Waals surface area contributed by atoms with Crippen LogP contribution < -0.4 is 15.5 Å². The molecule has 1 aliphatic heterocycles. The molecular formula is C29H33ClFN5OS. The van der Waals surface area contributed by atoms with Crippen LogP contribution in [0.15, 0.2) is 52.6 Å². The average Bonchev–Trinajstić information content (AvgIpc) is 3.37. The summed E-state index contributed by atoms with van der Waals surface area (Å²) in [5.74, 6) is 0.176. The van der Waals surface area contributed by atoms with Gasteiger partial charge in [-0.1, -0.05) is 48.3 Å². The van der Waals surface area contributed by atoms with E-state index in [1.165, 1.54) is 56.4 Å². The molecule has 0 radical (unpaired) electrons. The summed E-state index contributed by atoms with van der Waals surface area (Å²) in [7, 11) is 1.73. The van der Waals surface area contributed by atoms with Gasteiger partial charge in [0.2, 0.25) is 0 Å². The Morgan fingerprint density at radius 2 is 1.87 bits per heavy atom. The molecule has 2 heterocycles. The van der Waals surface area contributed by atoms with Gasteiger partial charge in [-0.05, 0) is 61.8 Å². The first-order valence-electron chi connectivity index (χ1n) is 13.2. The van der Waals surface area contributed by atoms with Crippen LogP contribution in [0.3, 0.4) is 0 Å². The van der Waals surface area contributed by atoms with E-state index in [1.807, 2.05) is 31.3 Å². The van der Waals surface area contributed by atoms with Crippen molar-refractivity contribution in [3.63, 3.8) is 0 Å². The molecular weight excluding hydrogens is 521 g/mol. The summed E-state index contributed by atoms with van der Waals surface area (Å²) in [6.45, 7) is 3.95. The zero-order valence-electron chi connectivity index (χ0n) is 21.8. The van der Waals surface area contributed by atoms with E-state index < -0.39 is 0 Å². The first-order chi connectivity index (χ1) is 18.4. The molecule has 38 heavy (non-hydrogen) atoms. The number of benzene rings is 2. The normalized spacial score (nSPS) is 16.6. The summed E-state index contributed by atoms with van der Waals surface area (Å²) in [5.41, 5.74) is 2.71. The summed E-state index contributed by atoms with van der Waals surface area (Å²) in [6.07, 6.45) is 11.6. The van der Waals surface area contributed by atoms with Crippen LogP contribution in [0.25, 0.3) is 0 Å². The van der Waals surface area contributed by atoms with E-state index >= 15 is 0 Å². The van der Waals surface area contributed by atoms with Crippen molar-refractivity contribution < 1.29 is 9.18 Å². The lowest BCUT2D eigenvalue weighted by atomic mass is 9.77. The highest BCUT2D eigenvalue weighted by Crippen LogP contribution is 2.46. The van der Waals surface area contributed by atoms with Gasteiger partial charge in [-0.15, -0.1) is 0 Å². The van der Waals surface area contributed by atoms with Crippen LogP contribution in [-0.4, -0.2) is 36.0 Å². The van der Waals surface area contributed by atoms with E-state index in [9.17, 15) is 9.18 Å². The molecule has 6 nitrogen and oxygen atoms in total. The molecule has 1 spiro atoms. The van der Waals surface area contributed by atoms with Crippen molar-refractivity contribution in [1.29, 1.82) is 0 Å². The number of aromatic nitrogens is 2. The predicted octanol–water partition coefficient (Wildman–Crippen LogP) is 6.86. The molecule has 2 N–H and O–H groups in total. The van der Waals surface area contributed by atoms with Crippen molar-refractivity contribution >= 4 is 40.8 Å². The van der Waals surface area contributed by atoms with E-state index in [2.05, 4.69) is 25.5 Å². The average molecular weight is 554 g/mol.